The summed E-state index contributed by atoms with van der Waals surface area (Å²) in [5.41, 5.74) is 2.18. The Hall–Kier alpha value is -1.51. The average Bonchev–Trinajstić information content (AvgIpc) is 2.15. The predicted octanol–water partition coefficient (Wildman–Crippen LogP) is 2.55. The first-order chi connectivity index (χ1) is 7.11. The van der Waals surface area contributed by atoms with E-state index in [1.807, 2.05) is 32.0 Å². The van der Waals surface area contributed by atoms with Gasteiger partial charge in [0.25, 0.3) is 0 Å². The third kappa shape index (κ3) is 3.62. The molecule has 0 radical (unpaired) electrons. The molecule has 0 aliphatic rings. The minimum Gasteiger partial charge on any atom is -0.493 e. The van der Waals surface area contributed by atoms with Gasteiger partial charge < -0.3 is 9.84 Å². The number of hydrogen-bond acceptors (Lipinski definition) is 2. The van der Waals surface area contributed by atoms with Crippen LogP contribution in [-0.2, 0) is 4.79 Å². The van der Waals surface area contributed by atoms with Crippen LogP contribution in [0.1, 0.15) is 24.0 Å². The number of benzene rings is 1. The second-order valence-electron chi connectivity index (χ2n) is 3.57. The number of carboxylic acid groups (broad SMARTS) is 1. The molecule has 1 aromatic rings. The van der Waals surface area contributed by atoms with E-state index in [9.17, 15) is 4.79 Å². The van der Waals surface area contributed by atoms with Crippen molar-refractivity contribution < 1.29 is 14.6 Å². The third-order valence-electron chi connectivity index (χ3n) is 2.19. The molecule has 15 heavy (non-hydrogen) atoms. The van der Waals surface area contributed by atoms with Crippen LogP contribution in [0.25, 0.3) is 0 Å². The number of aryl methyl sites for hydroxylation is 2. The molecule has 0 fully saturated rings. The van der Waals surface area contributed by atoms with Crippen LogP contribution in [0.15, 0.2) is 18.2 Å². The standard InChI is InChI=1S/C12H16O3/c1-9-5-3-6-10(2)12(9)15-8-4-7-11(13)14/h3,5-6H,4,7-8H2,1-2H3,(H,13,14). The van der Waals surface area contributed by atoms with Crippen LogP contribution in [0.3, 0.4) is 0 Å². The molecule has 0 bridgehead atoms. The van der Waals surface area contributed by atoms with Gasteiger partial charge in [0, 0.05) is 6.42 Å². The van der Waals surface area contributed by atoms with Crippen LogP contribution in [0.2, 0.25) is 0 Å². The first-order valence-electron chi connectivity index (χ1n) is 5.02. The van der Waals surface area contributed by atoms with Gasteiger partial charge in [-0.25, -0.2) is 0 Å². The molecule has 0 aromatic heterocycles. The van der Waals surface area contributed by atoms with Crippen molar-refractivity contribution in [2.24, 2.45) is 0 Å². The van der Waals surface area contributed by atoms with Crippen molar-refractivity contribution >= 4 is 5.97 Å². The molecule has 0 aliphatic heterocycles. The Morgan fingerprint density at radius 1 is 1.33 bits per heavy atom. The maximum atomic E-state index is 10.3. The first kappa shape index (κ1) is 11.6. The van der Waals surface area contributed by atoms with Gasteiger partial charge in [0.15, 0.2) is 0 Å². The van der Waals surface area contributed by atoms with E-state index >= 15 is 0 Å². The van der Waals surface area contributed by atoms with Gasteiger partial charge in [0.2, 0.25) is 0 Å². The van der Waals surface area contributed by atoms with E-state index in [4.69, 9.17) is 9.84 Å². The van der Waals surface area contributed by atoms with E-state index in [0.29, 0.717) is 13.0 Å². The molecule has 0 saturated carbocycles. The fraction of sp³-hybridized carbons (Fsp3) is 0.417. The maximum Gasteiger partial charge on any atom is 0.303 e. The Morgan fingerprint density at radius 2 is 1.93 bits per heavy atom. The van der Waals surface area contributed by atoms with Crippen LogP contribution >= 0.6 is 0 Å². The molecule has 0 unspecified atom stereocenters. The molecule has 3 nitrogen and oxygen atoms in total. The summed E-state index contributed by atoms with van der Waals surface area (Å²) in [4.78, 5) is 10.3. The normalized spacial score (nSPS) is 10.0. The van der Waals surface area contributed by atoms with Crippen molar-refractivity contribution in [2.45, 2.75) is 26.7 Å². The van der Waals surface area contributed by atoms with Gasteiger partial charge >= 0.3 is 5.97 Å². The molecular weight excluding hydrogens is 192 g/mol. The smallest absolute Gasteiger partial charge is 0.303 e. The van der Waals surface area contributed by atoms with Crippen molar-refractivity contribution in [1.29, 1.82) is 0 Å². The summed E-state index contributed by atoms with van der Waals surface area (Å²) in [6.07, 6.45) is 0.702. The topological polar surface area (TPSA) is 46.5 Å². The highest BCUT2D eigenvalue weighted by Crippen LogP contribution is 2.22. The highest BCUT2D eigenvalue weighted by molar-refractivity contribution is 5.66. The van der Waals surface area contributed by atoms with Crippen LogP contribution in [0.5, 0.6) is 5.75 Å². The number of carbonyl (C=O) groups is 1. The largest absolute Gasteiger partial charge is 0.493 e. The second-order valence-corrected chi connectivity index (χ2v) is 3.57. The van der Waals surface area contributed by atoms with Gasteiger partial charge in [-0.15, -0.1) is 0 Å². The zero-order valence-corrected chi connectivity index (χ0v) is 9.12. The summed E-state index contributed by atoms with van der Waals surface area (Å²) in [7, 11) is 0. The number of carboxylic acids is 1. The molecule has 1 aromatic carbocycles. The fourth-order valence-electron chi connectivity index (χ4n) is 1.42. The molecule has 3 heteroatoms. The summed E-state index contributed by atoms with van der Waals surface area (Å²) in [5.74, 6) is 0.1000. The monoisotopic (exact) mass is 208 g/mol. The fourth-order valence-corrected chi connectivity index (χ4v) is 1.42. The van der Waals surface area contributed by atoms with Gasteiger partial charge in [0.1, 0.15) is 5.75 Å². The molecule has 0 amide bonds. The van der Waals surface area contributed by atoms with E-state index in [1.54, 1.807) is 0 Å². The zero-order valence-electron chi connectivity index (χ0n) is 9.12. The van der Waals surface area contributed by atoms with Gasteiger partial charge in [-0.3, -0.25) is 4.79 Å². The number of hydrogen-bond donors (Lipinski definition) is 1. The third-order valence-corrected chi connectivity index (χ3v) is 2.19. The average molecular weight is 208 g/mol. The lowest BCUT2D eigenvalue weighted by Crippen LogP contribution is -2.03. The number of rotatable bonds is 5. The minimum atomic E-state index is -0.778. The van der Waals surface area contributed by atoms with E-state index in [1.165, 1.54) is 0 Å². The zero-order chi connectivity index (χ0) is 11.3. The summed E-state index contributed by atoms with van der Waals surface area (Å²) in [6.45, 7) is 4.43. The lowest BCUT2D eigenvalue weighted by molar-refractivity contribution is -0.137. The molecular formula is C12H16O3. The molecule has 1 N–H and O–H groups in total. The van der Waals surface area contributed by atoms with Crippen molar-refractivity contribution in [3.63, 3.8) is 0 Å². The quantitative estimate of drug-likeness (QED) is 0.756. The lowest BCUT2D eigenvalue weighted by atomic mass is 10.1. The molecule has 0 spiro atoms. The Kier molecular flexibility index (Phi) is 4.16. The van der Waals surface area contributed by atoms with Crippen molar-refractivity contribution in [1.82, 2.24) is 0 Å². The molecule has 0 atom stereocenters. The molecule has 0 heterocycles. The predicted molar refractivity (Wildman–Crippen MR) is 58.3 cm³/mol. The summed E-state index contributed by atoms with van der Waals surface area (Å²) in [6, 6.07) is 5.95. The Balaban J connectivity index is 2.47. The molecule has 0 saturated heterocycles. The summed E-state index contributed by atoms with van der Waals surface area (Å²) >= 11 is 0. The lowest BCUT2D eigenvalue weighted by Gasteiger charge is -2.10. The first-order valence-corrected chi connectivity index (χ1v) is 5.02. The van der Waals surface area contributed by atoms with Gasteiger partial charge in [-0.1, -0.05) is 18.2 Å². The van der Waals surface area contributed by atoms with Crippen molar-refractivity contribution in [3.05, 3.63) is 29.3 Å². The van der Waals surface area contributed by atoms with Crippen molar-refractivity contribution in [3.8, 4) is 5.75 Å². The van der Waals surface area contributed by atoms with Gasteiger partial charge in [-0.2, -0.15) is 0 Å². The Morgan fingerprint density at radius 3 is 2.47 bits per heavy atom. The summed E-state index contributed by atoms with van der Waals surface area (Å²) in [5, 5.41) is 8.46. The highest BCUT2D eigenvalue weighted by Gasteiger charge is 2.03. The van der Waals surface area contributed by atoms with Crippen molar-refractivity contribution in [2.75, 3.05) is 6.61 Å². The Labute approximate surface area is 89.7 Å². The van der Waals surface area contributed by atoms with E-state index in [2.05, 4.69) is 0 Å². The van der Waals surface area contributed by atoms with E-state index in [-0.39, 0.29) is 6.42 Å². The number of ether oxygens (including phenoxy) is 1. The molecule has 1 rings (SSSR count). The van der Waals surface area contributed by atoms with E-state index in [0.717, 1.165) is 16.9 Å². The minimum absolute atomic E-state index is 0.158. The Bertz CT molecular complexity index is 324. The molecule has 82 valence electrons. The SMILES string of the molecule is Cc1cccc(C)c1OCCCC(=O)O. The van der Waals surface area contributed by atoms with Crippen LogP contribution < -0.4 is 4.74 Å². The maximum absolute atomic E-state index is 10.3. The number of aliphatic carboxylic acids is 1. The summed E-state index contributed by atoms with van der Waals surface area (Å²) < 4.78 is 5.55. The number of para-hydroxylation sites is 1. The van der Waals surface area contributed by atoms with Crippen LogP contribution in [0, 0.1) is 13.8 Å². The van der Waals surface area contributed by atoms with Crippen LogP contribution in [0.4, 0.5) is 0 Å². The second kappa shape index (κ2) is 5.39. The van der Waals surface area contributed by atoms with Crippen LogP contribution in [-0.4, -0.2) is 17.7 Å². The molecule has 0 aliphatic carbocycles. The highest BCUT2D eigenvalue weighted by atomic mass is 16.5. The van der Waals surface area contributed by atoms with Gasteiger partial charge in [-0.05, 0) is 31.4 Å². The van der Waals surface area contributed by atoms with E-state index < -0.39 is 5.97 Å². The van der Waals surface area contributed by atoms with Gasteiger partial charge in [0.05, 0.1) is 6.61 Å².